The first-order valence-electron chi connectivity index (χ1n) is 7.63. The van der Waals surface area contributed by atoms with Gasteiger partial charge in [-0.05, 0) is 30.2 Å². The third-order valence-electron chi connectivity index (χ3n) is 4.11. The van der Waals surface area contributed by atoms with Crippen LogP contribution in [0.2, 0.25) is 0 Å². The van der Waals surface area contributed by atoms with Gasteiger partial charge in [-0.3, -0.25) is 9.98 Å². The number of hydrogen-bond donors (Lipinski definition) is 1. The Bertz CT molecular complexity index is 649. The molecule has 110 valence electrons. The van der Waals surface area contributed by atoms with E-state index in [1.54, 1.807) is 0 Å². The van der Waals surface area contributed by atoms with Gasteiger partial charge in [0.1, 0.15) is 0 Å². The number of nitrogens with one attached hydrogen (secondary N) is 1. The van der Waals surface area contributed by atoms with E-state index >= 15 is 0 Å². The monoisotopic (exact) mass is 299 g/mol. The number of thioether (sulfide) groups is 1. The quantitative estimate of drug-likeness (QED) is 0.899. The molecule has 2 heterocycles. The highest BCUT2D eigenvalue weighted by molar-refractivity contribution is 8.15. The summed E-state index contributed by atoms with van der Waals surface area (Å²) in [6.07, 6.45) is 4.30. The zero-order valence-corrected chi connectivity index (χ0v) is 13.4. The molecule has 1 unspecified atom stereocenters. The molecule has 0 saturated carbocycles. The van der Waals surface area contributed by atoms with Crippen molar-refractivity contribution in [1.82, 2.24) is 4.98 Å². The SMILES string of the molecule is CCC(CC)C1CN=C(Nc2ccc3ncccc3c2)S1. The summed E-state index contributed by atoms with van der Waals surface area (Å²) in [5.74, 6) is 0.763. The van der Waals surface area contributed by atoms with Gasteiger partial charge < -0.3 is 5.32 Å². The lowest BCUT2D eigenvalue weighted by Gasteiger charge is -2.18. The average Bonchev–Trinajstić information content (AvgIpc) is 2.97. The molecule has 0 saturated heterocycles. The van der Waals surface area contributed by atoms with E-state index in [9.17, 15) is 0 Å². The van der Waals surface area contributed by atoms with Gasteiger partial charge in [0, 0.05) is 22.5 Å². The maximum atomic E-state index is 4.66. The molecule has 0 radical (unpaired) electrons. The largest absolute Gasteiger partial charge is 0.335 e. The van der Waals surface area contributed by atoms with Gasteiger partial charge in [-0.2, -0.15) is 0 Å². The van der Waals surface area contributed by atoms with Crippen molar-refractivity contribution < 1.29 is 0 Å². The van der Waals surface area contributed by atoms with Crippen LogP contribution < -0.4 is 5.32 Å². The molecule has 3 nitrogen and oxygen atoms in total. The number of fused-ring (bicyclic) bond motifs is 1. The van der Waals surface area contributed by atoms with E-state index in [2.05, 4.69) is 53.4 Å². The number of aliphatic imine (C=N–C) groups is 1. The fourth-order valence-electron chi connectivity index (χ4n) is 2.80. The number of benzene rings is 1. The van der Waals surface area contributed by atoms with Crippen LogP contribution in [0.4, 0.5) is 5.69 Å². The molecule has 0 aliphatic carbocycles. The van der Waals surface area contributed by atoms with Crippen LogP contribution in [0.1, 0.15) is 26.7 Å². The van der Waals surface area contributed by atoms with Crippen molar-refractivity contribution >= 4 is 33.5 Å². The standard InChI is InChI=1S/C17H21N3S/c1-3-12(4-2)16-11-19-17(21-16)20-14-7-8-15-13(10-14)6-5-9-18-15/h5-10,12,16H,3-4,11H2,1-2H3,(H,19,20). The molecule has 2 aromatic rings. The number of pyridine rings is 1. The van der Waals surface area contributed by atoms with Gasteiger partial charge in [-0.15, -0.1) is 0 Å². The van der Waals surface area contributed by atoms with Gasteiger partial charge in [0.05, 0.1) is 12.1 Å². The lowest BCUT2D eigenvalue weighted by molar-refractivity contribution is 0.479. The summed E-state index contributed by atoms with van der Waals surface area (Å²) in [5, 5.41) is 6.29. The minimum atomic E-state index is 0.629. The summed E-state index contributed by atoms with van der Waals surface area (Å²) in [6.45, 7) is 5.49. The normalized spacial score (nSPS) is 18.2. The molecule has 1 aliphatic heterocycles. The summed E-state index contributed by atoms with van der Waals surface area (Å²) in [4.78, 5) is 9.01. The Morgan fingerprint density at radius 1 is 1.29 bits per heavy atom. The molecule has 0 spiro atoms. The predicted octanol–water partition coefficient (Wildman–Crippen LogP) is 4.55. The van der Waals surface area contributed by atoms with Crippen LogP contribution in [0.15, 0.2) is 41.5 Å². The maximum absolute atomic E-state index is 4.66. The Labute approximate surface area is 130 Å². The molecule has 1 atom stereocenters. The summed E-state index contributed by atoms with van der Waals surface area (Å²) < 4.78 is 0. The number of hydrogen-bond acceptors (Lipinski definition) is 4. The molecular formula is C17H21N3S. The van der Waals surface area contributed by atoms with Crippen molar-refractivity contribution in [2.75, 3.05) is 11.9 Å². The van der Waals surface area contributed by atoms with Crippen LogP contribution in [0, 0.1) is 5.92 Å². The van der Waals surface area contributed by atoms with Gasteiger partial charge >= 0.3 is 0 Å². The van der Waals surface area contributed by atoms with Gasteiger partial charge in [0.2, 0.25) is 0 Å². The van der Waals surface area contributed by atoms with Gasteiger partial charge in [0.15, 0.2) is 5.17 Å². The first kappa shape index (κ1) is 14.4. The molecule has 21 heavy (non-hydrogen) atoms. The van der Waals surface area contributed by atoms with E-state index in [4.69, 9.17) is 0 Å². The van der Waals surface area contributed by atoms with Crippen LogP contribution >= 0.6 is 11.8 Å². The molecule has 3 rings (SSSR count). The van der Waals surface area contributed by atoms with E-state index in [1.807, 2.05) is 24.0 Å². The first-order valence-corrected chi connectivity index (χ1v) is 8.51. The van der Waals surface area contributed by atoms with Gasteiger partial charge in [-0.1, -0.05) is 44.5 Å². The van der Waals surface area contributed by atoms with Gasteiger partial charge in [0.25, 0.3) is 0 Å². The molecular weight excluding hydrogens is 278 g/mol. The van der Waals surface area contributed by atoms with Crippen LogP contribution in [-0.4, -0.2) is 21.9 Å². The van der Waals surface area contributed by atoms with E-state index < -0.39 is 0 Å². The number of amidine groups is 1. The van der Waals surface area contributed by atoms with E-state index in [-0.39, 0.29) is 0 Å². The summed E-state index contributed by atoms with van der Waals surface area (Å²) in [7, 11) is 0. The van der Waals surface area contributed by atoms with E-state index in [0.29, 0.717) is 5.25 Å². The smallest absolute Gasteiger partial charge is 0.161 e. The van der Waals surface area contributed by atoms with Crippen molar-refractivity contribution in [3.05, 3.63) is 36.5 Å². The second-order valence-electron chi connectivity index (χ2n) is 5.41. The number of nitrogens with zero attached hydrogens (tertiary/aromatic N) is 2. The Hall–Kier alpha value is -1.55. The number of rotatable bonds is 4. The topological polar surface area (TPSA) is 37.3 Å². The Morgan fingerprint density at radius 3 is 2.95 bits per heavy atom. The van der Waals surface area contributed by atoms with Gasteiger partial charge in [-0.25, -0.2) is 0 Å². The fourth-order valence-corrected chi connectivity index (χ4v) is 4.14. The molecule has 0 amide bonds. The predicted molar refractivity (Wildman–Crippen MR) is 93.1 cm³/mol. The van der Waals surface area contributed by atoms with Crippen molar-refractivity contribution in [1.29, 1.82) is 0 Å². The minimum Gasteiger partial charge on any atom is -0.335 e. The Morgan fingerprint density at radius 2 is 2.14 bits per heavy atom. The Kier molecular flexibility index (Phi) is 4.44. The summed E-state index contributed by atoms with van der Waals surface area (Å²) >= 11 is 1.89. The summed E-state index contributed by atoms with van der Waals surface area (Å²) in [6, 6.07) is 10.3. The van der Waals surface area contributed by atoms with E-state index in [1.165, 1.54) is 12.8 Å². The molecule has 1 aliphatic rings. The highest BCUT2D eigenvalue weighted by Crippen LogP contribution is 2.31. The van der Waals surface area contributed by atoms with Crippen molar-refractivity contribution in [3.8, 4) is 0 Å². The average molecular weight is 299 g/mol. The van der Waals surface area contributed by atoms with Crippen LogP contribution in [0.5, 0.6) is 0 Å². The maximum Gasteiger partial charge on any atom is 0.161 e. The Balaban J connectivity index is 1.69. The lowest BCUT2D eigenvalue weighted by Crippen LogP contribution is -2.17. The molecule has 0 fully saturated rings. The third-order valence-corrected chi connectivity index (χ3v) is 5.40. The third kappa shape index (κ3) is 3.21. The van der Waals surface area contributed by atoms with Crippen LogP contribution in [0.3, 0.4) is 0 Å². The lowest BCUT2D eigenvalue weighted by atomic mass is 9.99. The number of anilines is 1. The highest BCUT2D eigenvalue weighted by Gasteiger charge is 2.25. The molecule has 1 N–H and O–H groups in total. The van der Waals surface area contributed by atoms with Crippen molar-refractivity contribution in [3.63, 3.8) is 0 Å². The van der Waals surface area contributed by atoms with E-state index in [0.717, 1.165) is 34.2 Å². The molecule has 1 aromatic carbocycles. The zero-order valence-electron chi connectivity index (χ0n) is 12.5. The zero-order chi connectivity index (χ0) is 14.7. The highest BCUT2D eigenvalue weighted by atomic mass is 32.2. The van der Waals surface area contributed by atoms with Crippen LogP contribution in [0.25, 0.3) is 10.9 Å². The minimum absolute atomic E-state index is 0.629. The van der Waals surface area contributed by atoms with Crippen LogP contribution in [-0.2, 0) is 0 Å². The van der Waals surface area contributed by atoms with Crippen molar-refractivity contribution in [2.24, 2.45) is 10.9 Å². The molecule has 4 heteroatoms. The first-order chi connectivity index (χ1) is 10.3. The molecule has 0 bridgehead atoms. The second kappa shape index (κ2) is 6.48. The number of aromatic nitrogens is 1. The summed E-state index contributed by atoms with van der Waals surface area (Å²) in [5.41, 5.74) is 2.12. The van der Waals surface area contributed by atoms with Crippen molar-refractivity contribution in [2.45, 2.75) is 31.9 Å². The molecule has 1 aromatic heterocycles. The fraction of sp³-hybridized carbons (Fsp3) is 0.412. The second-order valence-corrected chi connectivity index (χ2v) is 6.64.